The van der Waals surface area contributed by atoms with Gasteiger partial charge in [-0.1, -0.05) is 18.2 Å². The minimum absolute atomic E-state index is 0.151. The van der Waals surface area contributed by atoms with Gasteiger partial charge in [-0.3, -0.25) is 0 Å². The molecule has 0 radical (unpaired) electrons. The number of carbonyl (C=O) groups is 1. The van der Waals surface area contributed by atoms with Crippen LogP contribution in [0.4, 0.5) is 4.79 Å². The third-order valence-corrected chi connectivity index (χ3v) is 7.69. The highest BCUT2D eigenvalue weighted by Gasteiger charge is 2.51. The van der Waals surface area contributed by atoms with Crippen LogP contribution in [0.15, 0.2) is 24.3 Å². The van der Waals surface area contributed by atoms with Gasteiger partial charge in [0.1, 0.15) is 17.5 Å². The molecule has 0 unspecified atom stereocenters. The molecule has 0 N–H and O–H groups in total. The van der Waals surface area contributed by atoms with E-state index in [9.17, 15) is 4.79 Å². The van der Waals surface area contributed by atoms with E-state index in [4.69, 9.17) is 14.2 Å². The molecule has 3 heterocycles. The first-order valence-corrected chi connectivity index (χ1v) is 12.4. The van der Waals surface area contributed by atoms with Gasteiger partial charge in [-0.05, 0) is 83.5 Å². The SMILES string of the molecule is CC(C)(C)OC(=O)N1CC2(CC[C@@H](N3CCC(c4ccccc4OC4COC4)CC3)C2)C1. The van der Waals surface area contributed by atoms with E-state index >= 15 is 0 Å². The molecule has 4 aliphatic rings. The number of likely N-dealkylation sites (tertiary alicyclic amines) is 2. The van der Waals surface area contributed by atoms with Crippen LogP contribution in [0.5, 0.6) is 5.75 Å². The van der Waals surface area contributed by atoms with Gasteiger partial charge >= 0.3 is 6.09 Å². The number of para-hydroxylation sites is 1. The second kappa shape index (κ2) is 8.53. The van der Waals surface area contributed by atoms with Crippen LogP contribution in [-0.4, -0.2) is 73.0 Å². The van der Waals surface area contributed by atoms with Crippen molar-refractivity contribution in [2.45, 2.75) is 76.5 Å². The Labute approximate surface area is 192 Å². The first-order valence-electron chi connectivity index (χ1n) is 12.4. The number of nitrogens with zero attached hydrogens (tertiary/aromatic N) is 2. The molecule has 32 heavy (non-hydrogen) atoms. The first-order chi connectivity index (χ1) is 15.3. The first kappa shape index (κ1) is 22.0. The number of ether oxygens (including phenoxy) is 3. The summed E-state index contributed by atoms with van der Waals surface area (Å²) in [5.41, 5.74) is 1.27. The van der Waals surface area contributed by atoms with Crippen molar-refractivity contribution in [2.75, 3.05) is 39.4 Å². The standard InChI is InChI=1S/C26H38N2O4/c1-25(2,3)32-24(29)28-17-26(18-28)11-8-20(14-26)27-12-9-19(10-13-27)22-6-4-5-7-23(22)31-21-15-30-16-21/h4-7,19-21H,8-18H2,1-3H3/t20-/m1/s1. The minimum atomic E-state index is -0.419. The molecular formula is C26H38N2O4. The van der Waals surface area contributed by atoms with Crippen LogP contribution >= 0.6 is 0 Å². The Hall–Kier alpha value is -1.79. The monoisotopic (exact) mass is 442 g/mol. The lowest BCUT2D eigenvalue weighted by Gasteiger charge is -2.48. The predicted octanol–water partition coefficient (Wildman–Crippen LogP) is 4.43. The summed E-state index contributed by atoms with van der Waals surface area (Å²) in [5.74, 6) is 1.63. The fourth-order valence-corrected chi connectivity index (χ4v) is 5.96. The highest BCUT2D eigenvalue weighted by Crippen LogP contribution is 2.48. The molecule has 1 aromatic rings. The molecule has 3 saturated heterocycles. The molecule has 3 aliphatic heterocycles. The molecular weight excluding hydrogens is 404 g/mol. The van der Waals surface area contributed by atoms with Gasteiger partial charge in [0.25, 0.3) is 0 Å². The van der Waals surface area contributed by atoms with Crippen LogP contribution in [0.2, 0.25) is 0 Å². The summed E-state index contributed by atoms with van der Waals surface area (Å²) >= 11 is 0. The maximum atomic E-state index is 12.3. The van der Waals surface area contributed by atoms with Gasteiger partial charge in [0.2, 0.25) is 0 Å². The van der Waals surface area contributed by atoms with Crippen molar-refractivity contribution in [3.8, 4) is 5.75 Å². The fraction of sp³-hybridized carbons (Fsp3) is 0.731. The molecule has 4 fully saturated rings. The zero-order chi connectivity index (χ0) is 22.3. The molecule has 5 rings (SSSR count). The molecule has 1 aromatic carbocycles. The molecule has 176 valence electrons. The number of hydrogen-bond acceptors (Lipinski definition) is 5. The Morgan fingerprint density at radius 1 is 1.09 bits per heavy atom. The maximum absolute atomic E-state index is 12.3. The Balaban J connectivity index is 1.11. The largest absolute Gasteiger partial charge is 0.485 e. The van der Waals surface area contributed by atoms with E-state index in [1.165, 1.54) is 37.7 Å². The highest BCUT2D eigenvalue weighted by molar-refractivity contribution is 5.69. The van der Waals surface area contributed by atoms with E-state index in [-0.39, 0.29) is 12.2 Å². The van der Waals surface area contributed by atoms with Crippen molar-refractivity contribution in [1.82, 2.24) is 9.80 Å². The Kier molecular flexibility index (Phi) is 5.87. The van der Waals surface area contributed by atoms with Crippen LogP contribution in [-0.2, 0) is 9.47 Å². The molecule has 1 saturated carbocycles. The Morgan fingerprint density at radius 3 is 2.47 bits per heavy atom. The van der Waals surface area contributed by atoms with Gasteiger partial charge in [-0.25, -0.2) is 4.79 Å². The summed E-state index contributed by atoms with van der Waals surface area (Å²) < 4.78 is 17.0. The third-order valence-electron chi connectivity index (χ3n) is 7.69. The van der Waals surface area contributed by atoms with Gasteiger partial charge in [0.15, 0.2) is 0 Å². The van der Waals surface area contributed by atoms with E-state index in [0.717, 1.165) is 31.9 Å². The normalized spacial score (nSPS) is 26.6. The lowest BCUT2D eigenvalue weighted by Crippen LogP contribution is -2.58. The lowest BCUT2D eigenvalue weighted by molar-refractivity contribution is -0.0801. The summed E-state index contributed by atoms with van der Waals surface area (Å²) in [6, 6.07) is 9.24. The molecule has 0 aromatic heterocycles. The van der Waals surface area contributed by atoms with Gasteiger partial charge < -0.3 is 24.0 Å². The van der Waals surface area contributed by atoms with Crippen molar-refractivity contribution in [2.24, 2.45) is 5.41 Å². The van der Waals surface area contributed by atoms with Crippen molar-refractivity contribution in [3.63, 3.8) is 0 Å². The smallest absolute Gasteiger partial charge is 0.410 e. The molecule has 1 spiro atoms. The van der Waals surface area contributed by atoms with Crippen LogP contribution < -0.4 is 4.74 Å². The molecule has 1 amide bonds. The summed E-state index contributed by atoms with van der Waals surface area (Å²) in [7, 11) is 0. The summed E-state index contributed by atoms with van der Waals surface area (Å²) in [6.07, 6.45) is 6.16. The molecule has 6 nitrogen and oxygen atoms in total. The average Bonchev–Trinajstić information content (AvgIpc) is 3.15. The van der Waals surface area contributed by atoms with E-state index < -0.39 is 5.60 Å². The maximum Gasteiger partial charge on any atom is 0.410 e. The molecule has 0 bridgehead atoms. The zero-order valence-electron chi connectivity index (χ0n) is 19.8. The number of piperidine rings is 1. The number of hydrogen-bond donors (Lipinski definition) is 0. The van der Waals surface area contributed by atoms with Crippen molar-refractivity contribution in [3.05, 3.63) is 29.8 Å². The van der Waals surface area contributed by atoms with Crippen molar-refractivity contribution < 1.29 is 19.0 Å². The Bertz CT molecular complexity index is 817. The van der Waals surface area contributed by atoms with E-state index in [0.29, 0.717) is 30.6 Å². The Morgan fingerprint density at radius 2 is 1.81 bits per heavy atom. The highest BCUT2D eigenvalue weighted by atomic mass is 16.6. The summed E-state index contributed by atoms with van der Waals surface area (Å²) in [5, 5.41) is 0. The van der Waals surface area contributed by atoms with Crippen molar-refractivity contribution >= 4 is 6.09 Å². The second-order valence-electron chi connectivity index (χ2n) is 11.4. The molecule has 6 heteroatoms. The van der Waals surface area contributed by atoms with Crippen LogP contribution in [0.1, 0.15) is 64.4 Å². The number of rotatable bonds is 4. The van der Waals surface area contributed by atoms with Crippen LogP contribution in [0, 0.1) is 5.41 Å². The van der Waals surface area contributed by atoms with Gasteiger partial charge in [-0.15, -0.1) is 0 Å². The van der Waals surface area contributed by atoms with E-state index in [1.54, 1.807) is 0 Å². The second-order valence-corrected chi connectivity index (χ2v) is 11.4. The van der Waals surface area contributed by atoms with Gasteiger partial charge in [0, 0.05) is 24.5 Å². The van der Waals surface area contributed by atoms with Crippen LogP contribution in [0.3, 0.4) is 0 Å². The summed E-state index contributed by atoms with van der Waals surface area (Å²) in [6.45, 7) is 11.3. The van der Waals surface area contributed by atoms with Crippen molar-refractivity contribution in [1.29, 1.82) is 0 Å². The minimum Gasteiger partial charge on any atom is -0.485 e. The zero-order valence-corrected chi connectivity index (χ0v) is 19.8. The van der Waals surface area contributed by atoms with Crippen LogP contribution in [0.25, 0.3) is 0 Å². The number of amides is 1. The quantitative estimate of drug-likeness (QED) is 0.690. The topological polar surface area (TPSA) is 51.2 Å². The van der Waals surface area contributed by atoms with Gasteiger partial charge in [-0.2, -0.15) is 0 Å². The summed E-state index contributed by atoms with van der Waals surface area (Å²) in [4.78, 5) is 16.9. The molecule has 1 aliphatic carbocycles. The lowest BCUT2D eigenvalue weighted by atomic mass is 9.78. The van der Waals surface area contributed by atoms with Gasteiger partial charge in [0.05, 0.1) is 13.2 Å². The third kappa shape index (κ3) is 4.62. The molecule has 1 atom stereocenters. The number of benzene rings is 1. The fourth-order valence-electron chi connectivity index (χ4n) is 5.96. The van der Waals surface area contributed by atoms with E-state index in [2.05, 4.69) is 29.2 Å². The van der Waals surface area contributed by atoms with E-state index in [1.807, 2.05) is 25.7 Å². The predicted molar refractivity (Wildman–Crippen MR) is 123 cm³/mol. The average molecular weight is 443 g/mol. The number of carbonyl (C=O) groups excluding carboxylic acids is 1.